The van der Waals surface area contributed by atoms with Crippen LogP contribution in [0.4, 0.5) is 17.2 Å². The number of aromatic nitrogens is 2. The molecule has 0 atom stereocenters. The zero-order chi connectivity index (χ0) is 14.0. The van der Waals surface area contributed by atoms with Crippen molar-refractivity contribution in [2.45, 2.75) is 0 Å². The lowest BCUT2D eigenvalue weighted by atomic mass is 10.3. The molecule has 0 saturated heterocycles. The van der Waals surface area contributed by atoms with Crippen LogP contribution in [0.25, 0.3) is 0 Å². The van der Waals surface area contributed by atoms with E-state index in [4.69, 9.17) is 45.3 Å². The van der Waals surface area contributed by atoms with Gasteiger partial charge in [-0.1, -0.05) is 34.8 Å². The van der Waals surface area contributed by atoms with E-state index in [9.17, 15) is 0 Å². The molecule has 0 saturated carbocycles. The number of nitrogens with two attached hydrogens (primary N) is 1. The van der Waals surface area contributed by atoms with Crippen LogP contribution in [0.15, 0.2) is 18.5 Å². The SMILES string of the molecule is COc1ncnc(Nc2cc(Cl)c(Cl)cc2Cl)c1N. The second-order valence-corrected chi connectivity index (χ2v) is 4.74. The summed E-state index contributed by atoms with van der Waals surface area (Å²) >= 11 is 17.8. The Labute approximate surface area is 124 Å². The van der Waals surface area contributed by atoms with Crippen LogP contribution in [0, 0.1) is 0 Å². The molecule has 5 nitrogen and oxygen atoms in total. The molecule has 1 aromatic heterocycles. The summed E-state index contributed by atoms with van der Waals surface area (Å²) < 4.78 is 5.00. The van der Waals surface area contributed by atoms with Gasteiger partial charge in [-0.2, -0.15) is 4.98 Å². The van der Waals surface area contributed by atoms with Gasteiger partial charge in [0.1, 0.15) is 12.0 Å². The molecule has 0 aliphatic heterocycles. The van der Waals surface area contributed by atoms with Crippen molar-refractivity contribution < 1.29 is 4.74 Å². The van der Waals surface area contributed by atoms with Crippen LogP contribution in [0.2, 0.25) is 15.1 Å². The fraction of sp³-hybridized carbons (Fsp3) is 0.0909. The third-order valence-electron chi connectivity index (χ3n) is 2.30. The summed E-state index contributed by atoms with van der Waals surface area (Å²) in [7, 11) is 1.47. The zero-order valence-electron chi connectivity index (χ0n) is 9.75. The van der Waals surface area contributed by atoms with Gasteiger partial charge in [-0.3, -0.25) is 0 Å². The van der Waals surface area contributed by atoms with E-state index >= 15 is 0 Å². The first-order valence-electron chi connectivity index (χ1n) is 5.09. The van der Waals surface area contributed by atoms with Crippen LogP contribution in [0.1, 0.15) is 0 Å². The summed E-state index contributed by atoms with van der Waals surface area (Å²) in [5.41, 5.74) is 6.65. The molecule has 0 amide bonds. The number of methoxy groups -OCH3 is 1. The van der Waals surface area contributed by atoms with Gasteiger partial charge in [0.15, 0.2) is 5.82 Å². The van der Waals surface area contributed by atoms with Gasteiger partial charge in [-0.25, -0.2) is 4.98 Å². The van der Waals surface area contributed by atoms with E-state index < -0.39 is 0 Å². The summed E-state index contributed by atoms with van der Waals surface area (Å²) in [5, 5.41) is 4.08. The third-order valence-corrected chi connectivity index (χ3v) is 3.34. The van der Waals surface area contributed by atoms with Crippen LogP contribution in [-0.4, -0.2) is 17.1 Å². The summed E-state index contributed by atoms with van der Waals surface area (Å²) in [4.78, 5) is 7.89. The molecule has 0 aliphatic carbocycles. The minimum absolute atomic E-state index is 0.270. The van der Waals surface area contributed by atoms with Crippen molar-refractivity contribution in [2.75, 3.05) is 18.2 Å². The molecule has 0 aliphatic rings. The molecule has 2 rings (SSSR count). The van der Waals surface area contributed by atoms with Gasteiger partial charge in [0.25, 0.3) is 0 Å². The van der Waals surface area contributed by atoms with Crippen molar-refractivity contribution in [3.05, 3.63) is 33.5 Å². The fourth-order valence-electron chi connectivity index (χ4n) is 1.39. The van der Waals surface area contributed by atoms with E-state index in [1.807, 2.05) is 0 Å². The summed E-state index contributed by atoms with van der Waals surface area (Å²) in [6, 6.07) is 3.11. The maximum atomic E-state index is 6.06. The normalized spacial score (nSPS) is 10.3. The van der Waals surface area contributed by atoms with Crippen molar-refractivity contribution in [1.29, 1.82) is 0 Å². The molecule has 0 spiro atoms. The Kier molecular flexibility index (Phi) is 4.19. The third kappa shape index (κ3) is 2.94. The van der Waals surface area contributed by atoms with Gasteiger partial charge in [-0.05, 0) is 12.1 Å². The monoisotopic (exact) mass is 318 g/mol. The van der Waals surface area contributed by atoms with Crippen molar-refractivity contribution in [2.24, 2.45) is 0 Å². The van der Waals surface area contributed by atoms with Crippen LogP contribution in [0.5, 0.6) is 5.88 Å². The Bertz CT molecular complexity index is 621. The Morgan fingerprint density at radius 1 is 1.11 bits per heavy atom. The quantitative estimate of drug-likeness (QED) is 0.842. The first kappa shape index (κ1) is 14.0. The second kappa shape index (κ2) is 5.69. The molecule has 0 bridgehead atoms. The minimum Gasteiger partial charge on any atom is -0.479 e. The molecular formula is C11H9Cl3N4O. The molecule has 3 N–H and O–H groups in total. The highest BCUT2D eigenvalue weighted by Crippen LogP contribution is 2.35. The zero-order valence-corrected chi connectivity index (χ0v) is 12.0. The molecular weight excluding hydrogens is 311 g/mol. The number of benzene rings is 1. The standard InChI is InChI=1S/C11H9Cl3N4O/c1-19-11-9(15)10(16-4-17-11)18-8-3-6(13)5(12)2-7(8)14/h2-4H,15H2,1H3,(H,16,17,18). The summed E-state index contributed by atoms with van der Waals surface area (Å²) in [6.45, 7) is 0. The van der Waals surface area contributed by atoms with Crippen molar-refractivity contribution in [3.8, 4) is 5.88 Å². The number of ether oxygens (including phenoxy) is 1. The van der Waals surface area contributed by atoms with Gasteiger partial charge < -0.3 is 15.8 Å². The lowest BCUT2D eigenvalue weighted by Gasteiger charge is -2.12. The first-order valence-corrected chi connectivity index (χ1v) is 6.22. The van der Waals surface area contributed by atoms with Gasteiger partial charge in [-0.15, -0.1) is 0 Å². The van der Waals surface area contributed by atoms with Crippen molar-refractivity contribution >= 4 is 52.0 Å². The average Bonchev–Trinajstić information content (AvgIpc) is 2.38. The number of nitrogen functional groups attached to an aromatic ring is 1. The number of halogens is 3. The Morgan fingerprint density at radius 3 is 2.47 bits per heavy atom. The lowest BCUT2D eigenvalue weighted by Crippen LogP contribution is -2.03. The predicted octanol–water partition coefficient (Wildman–Crippen LogP) is 3.77. The van der Waals surface area contributed by atoms with E-state index in [-0.39, 0.29) is 11.6 Å². The van der Waals surface area contributed by atoms with E-state index in [1.54, 1.807) is 6.07 Å². The molecule has 2 aromatic rings. The number of anilines is 3. The molecule has 0 unspecified atom stereocenters. The van der Waals surface area contributed by atoms with Crippen LogP contribution >= 0.6 is 34.8 Å². The molecule has 1 heterocycles. The lowest BCUT2D eigenvalue weighted by molar-refractivity contribution is 0.399. The number of rotatable bonds is 3. The minimum atomic E-state index is 0.270. The first-order chi connectivity index (χ1) is 9.02. The van der Waals surface area contributed by atoms with E-state index in [0.29, 0.717) is 26.6 Å². The van der Waals surface area contributed by atoms with Crippen LogP contribution in [0.3, 0.4) is 0 Å². The highest BCUT2D eigenvalue weighted by molar-refractivity contribution is 6.44. The number of nitrogens with zero attached hydrogens (tertiary/aromatic N) is 2. The van der Waals surface area contributed by atoms with Gasteiger partial charge in [0.05, 0.1) is 27.9 Å². The number of hydrogen-bond donors (Lipinski definition) is 2. The largest absolute Gasteiger partial charge is 0.479 e. The van der Waals surface area contributed by atoms with Crippen molar-refractivity contribution in [3.63, 3.8) is 0 Å². The molecule has 1 aromatic carbocycles. The Morgan fingerprint density at radius 2 is 1.79 bits per heavy atom. The molecule has 100 valence electrons. The van der Waals surface area contributed by atoms with Crippen molar-refractivity contribution in [1.82, 2.24) is 9.97 Å². The van der Waals surface area contributed by atoms with Crippen LogP contribution < -0.4 is 15.8 Å². The molecule has 0 radical (unpaired) electrons. The highest BCUT2D eigenvalue weighted by Gasteiger charge is 2.11. The van der Waals surface area contributed by atoms with Gasteiger partial charge in [0, 0.05) is 0 Å². The predicted molar refractivity (Wildman–Crippen MR) is 77.8 cm³/mol. The Balaban J connectivity index is 2.39. The van der Waals surface area contributed by atoms with Gasteiger partial charge >= 0.3 is 0 Å². The summed E-state index contributed by atoms with van der Waals surface area (Å²) in [6.07, 6.45) is 1.32. The van der Waals surface area contributed by atoms with Crippen LogP contribution in [-0.2, 0) is 0 Å². The summed E-state index contributed by atoms with van der Waals surface area (Å²) in [5.74, 6) is 0.640. The fourth-order valence-corrected chi connectivity index (χ4v) is 1.98. The topological polar surface area (TPSA) is 73.1 Å². The van der Waals surface area contributed by atoms with Gasteiger partial charge in [0.2, 0.25) is 5.88 Å². The molecule has 19 heavy (non-hydrogen) atoms. The maximum Gasteiger partial charge on any atom is 0.242 e. The average molecular weight is 320 g/mol. The Hall–Kier alpha value is -1.43. The van der Waals surface area contributed by atoms with E-state index in [2.05, 4.69) is 15.3 Å². The van der Waals surface area contributed by atoms with E-state index in [1.165, 1.54) is 19.5 Å². The maximum absolute atomic E-state index is 6.06. The smallest absolute Gasteiger partial charge is 0.242 e. The number of hydrogen-bond acceptors (Lipinski definition) is 5. The second-order valence-electron chi connectivity index (χ2n) is 3.52. The highest BCUT2D eigenvalue weighted by atomic mass is 35.5. The molecule has 8 heteroatoms. The number of nitrogens with one attached hydrogen (secondary N) is 1. The molecule has 0 fully saturated rings. The van der Waals surface area contributed by atoms with E-state index in [0.717, 1.165) is 0 Å².